The van der Waals surface area contributed by atoms with E-state index in [4.69, 9.17) is 9.47 Å². The van der Waals surface area contributed by atoms with Gasteiger partial charge in [0.1, 0.15) is 5.75 Å². The van der Waals surface area contributed by atoms with Crippen LogP contribution in [0.5, 0.6) is 11.6 Å². The summed E-state index contributed by atoms with van der Waals surface area (Å²) in [7, 11) is 0. The SMILES string of the molecule is O=C(Nc1ccnc(Oc2ccccc2)c1)[C@@H]1CCCO[C@H]1c1ccccc1. The van der Waals surface area contributed by atoms with E-state index in [0.29, 0.717) is 23.9 Å². The van der Waals surface area contributed by atoms with Gasteiger partial charge in [0.2, 0.25) is 11.8 Å². The molecule has 1 aliphatic rings. The molecule has 1 N–H and O–H groups in total. The van der Waals surface area contributed by atoms with Crippen LogP contribution in [0.1, 0.15) is 24.5 Å². The predicted octanol–water partition coefficient (Wildman–Crippen LogP) is 4.98. The topological polar surface area (TPSA) is 60.5 Å². The fourth-order valence-electron chi connectivity index (χ4n) is 3.41. The summed E-state index contributed by atoms with van der Waals surface area (Å²) in [4.78, 5) is 17.2. The van der Waals surface area contributed by atoms with Crippen molar-refractivity contribution in [3.05, 3.63) is 84.6 Å². The molecule has 1 aromatic heterocycles. The van der Waals surface area contributed by atoms with Crippen LogP contribution in [0.4, 0.5) is 5.69 Å². The molecule has 0 bridgehead atoms. The van der Waals surface area contributed by atoms with E-state index >= 15 is 0 Å². The molecule has 5 nitrogen and oxygen atoms in total. The number of pyridine rings is 1. The third-order valence-electron chi connectivity index (χ3n) is 4.76. The summed E-state index contributed by atoms with van der Waals surface area (Å²) < 4.78 is 11.7. The van der Waals surface area contributed by atoms with Crippen molar-refractivity contribution < 1.29 is 14.3 Å². The highest BCUT2D eigenvalue weighted by atomic mass is 16.5. The van der Waals surface area contributed by atoms with Gasteiger partial charge in [0, 0.05) is 24.6 Å². The summed E-state index contributed by atoms with van der Waals surface area (Å²) in [6.07, 6.45) is 3.07. The summed E-state index contributed by atoms with van der Waals surface area (Å²) in [6, 6.07) is 22.8. The Morgan fingerprint density at radius 1 is 1.04 bits per heavy atom. The van der Waals surface area contributed by atoms with Crippen molar-refractivity contribution in [3.8, 4) is 11.6 Å². The van der Waals surface area contributed by atoms with Crippen LogP contribution in [-0.2, 0) is 9.53 Å². The average Bonchev–Trinajstić information content (AvgIpc) is 2.75. The normalized spacial score (nSPS) is 19.0. The Hall–Kier alpha value is -3.18. The van der Waals surface area contributed by atoms with E-state index in [1.54, 1.807) is 18.3 Å². The molecule has 2 atom stereocenters. The Labute approximate surface area is 164 Å². The molecule has 1 aliphatic heterocycles. The van der Waals surface area contributed by atoms with Crippen LogP contribution < -0.4 is 10.1 Å². The quantitative estimate of drug-likeness (QED) is 0.684. The Morgan fingerprint density at radius 2 is 1.79 bits per heavy atom. The number of anilines is 1. The first-order chi connectivity index (χ1) is 13.8. The van der Waals surface area contributed by atoms with Crippen LogP contribution in [0.15, 0.2) is 79.0 Å². The number of hydrogen-bond acceptors (Lipinski definition) is 4. The van der Waals surface area contributed by atoms with Crippen LogP contribution in [0.25, 0.3) is 0 Å². The zero-order chi connectivity index (χ0) is 19.2. The molecule has 2 heterocycles. The van der Waals surface area contributed by atoms with Gasteiger partial charge in [-0.05, 0) is 36.6 Å². The van der Waals surface area contributed by atoms with Crippen molar-refractivity contribution in [2.24, 2.45) is 5.92 Å². The van der Waals surface area contributed by atoms with Gasteiger partial charge in [0.05, 0.1) is 12.0 Å². The highest BCUT2D eigenvalue weighted by molar-refractivity contribution is 5.93. The van der Waals surface area contributed by atoms with Gasteiger partial charge >= 0.3 is 0 Å². The smallest absolute Gasteiger partial charge is 0.230 e. The molecular formula is C23H22N2O3. The lowest BCUT2D eigenvalue weighted by Gasteiger charge is -2.31. The molecule has 4 rings (SSSR count). The second-order valence-corrected chi connectivity index (χ2v) is 6.74. The van der Waals surface area contributed by atoms with Crippen molar-refractivity contribution in [1.29, 1.82) is 0 Å². The molecule has 5 heteroatoms. The van der Waals surface area contributed by atoms with E-state index in [9.17, 15) is 4.79 Å². The molecule has 0 spiro atoms. The number of ether oxygens (including phenoxy) is 2. The van der Waals surface area contributed by atoms with Gasteiger partial charge < -0.3 is 14.8 Å². The second kappa shape index (κ2) is 8.67. The lowest BCUT2D eigenvalue weighted by atomic mass is 9.88. The maximum absolute atomic E-state index is 13.0. The van der Waals surface area contributed by atoms with E-state index in [2.05, 4.69) is 10.3 Å². The number of nitrogens with zero attached hydrogens (tertiary/aromatic N) is 1. The van der Waals surface area contributed by atoms with Crippen LogP contribution in [-0.4, -0.2) is 17.5 Å². The summed E-state index contributed by atoms with van der Waals surface area (Å²) in [5, 5.41) is 3.00. The van der Waals surface area contributed by atoms with Crippen molar-refractivity contribution >= 4 is 11.6 Å². The van der Waals surface area contributed by atoms with E-state index in [-0.39, 0.29) is 17.9 Å². The van der Waals surface area contributed by atoms with Crippen molar-refractivity contribution in [2.45, 2.75) is 18.9 Å². The zero-order valence-electron chi connectivity index (χ0n) is 15.5. The van der Waals surface area contributed by atoms with Crippen LogP contribution in [0.3, 0.4) is 0 Å². The molecule has 3 aromatic rings. The number of amides is 1. The predicted molar refractivity (Wildman–Crippen MR) is 107 cm³/mol. The number of nitrogens with one attached hydrogen (secondary N) is 1. The third-order valence-corrected chi connectivity index (χ3v) is 4.76. The van der Waals surface area contributed by atoms with Gasteiger partial charge in [0.25, 0.3) is 0 Å². The number of para-hydroxylation sites is 1. The lowest BCUT2D eigenvalue weighted by molar-refractivity contribution is -0.129. The minimum Gasteiger partial charge on any atom is -0.439 e. The Morgan fingerprint density at radius 3 is 2.57 bits per heavy atom. The highest BCUT2D eigenvalue weighted by Gasteiger charge is 2.33. The number of hydrogen-bond donors (Lipinski definition) is 1. The molecule has 2 aromatic carbocycles. The van der Waals surface area contributed by atoms with Crippen LogP contribution in [0.2, 0.25) is 0 Å². The zero-order valence-corrected chi connectivity index (χ0v) is 15.5. The molecule has 142 valence electrons. The van der Waals surface area contributed by atoms with Gasteiger partial charge in [-0.3, -0.25) is 4.79 Å². The minimum absolute atomic E-state index is 0.0505. The first kappa shape index (κ1) is 18.2. The summed E-state index contributed by atoms with van der Waals surface area (Å²) >= 11 is 0. The lowest BCUT2D eigenvalue weighted by Crippen LogP contribution is -2.33. The molecule has 0 unspecified atom stereocenters. The van der Waals surface area contributed by atoms with Crippen LogP contribution >= 0.6 is 0 Å². The van der Waals surface area contributed by atoms with Gasteiger partial charge in [-0.1, -0.05) is 48.5 Å². The largest absolute Gasteiger partial charge is 0.439 e. The molecule has 0 saturated carbocycles. The maximum atomic E-state index is 13.0. The molecular weight excluding hydrogens is 352 g/mol. The van der Waals surface area contributed by atoms with E-state index in [0.717, 1.165) is 18.4 Å². The average molecular weight is 374 g/mol. The first-order valence-corrected chi connectivity index (χ1v) is 9.46. The van der Waals surface area contributed by atoms with Gasteiger partial charge in [-0.25, -0.2) is 4.98 Å². The van der Waals surface area contributed by atoms with Gasteiger partial charge in [-0.2, -0.15) is 0 Å². The fraction of sp³-hybridized carbons (Fsp3) is 0.217. The van der Waals surface area contributed by atoms with Crippen molar-refractivity contribution in [2.75, 3.05) is 11.9 Å². The Balaban J connectivity index is 1.47. The second-order valence-electron chi connectivity index (χ2n) is 6.74. The molecule has 0 radical (unpaired) electrons. The number of carbonyl (C=O) groups is 1. The van der Waals surface area contributed by atoms with E-state index < -0.39 is 0 Å². The third kappa shape index (κ3) is 4.38. The Kier molecular flexibility index (Phi) is 5.64. The van der Waals surface area contributed by atoms with E-state index in [1.165, 1.54) is 0 Å². The highest BCUT2D eigenvalue weighted by Crippen LogP contribution is 2.34. The number of rotatable bonds is 5. The van der Waals surface area contributed by atoms with Gasteiger partial charge in [-0.15, -0.1) is 0 Å². The summed E-state index contributed by atoms with van der Waals surface area (Å²) in [5.74, 6) is 0.847. The maximum Gasteiger partial charge on any atom is 0.230 e. The Bertz CT molecular complexity index is 915. The van der Waals surface area contributed by atoms with Crippen molar-refractivity contribution in [3.63, 3.8) is 0 Å². The number of aromatic nitrogens is 1. The molecule has 1 saturated heterocycles. The van der Waals surface area contributed by atoms with Crippen LogP contribution in [0, 0.1) is 5.92 Å². The molecule has 1 fully saturated rings. The molecule has 0 aliphatic carbocycles. The fourth-order valence-corrected chi connectivity index (χ4v) is 3.41. The monoisotopic (exact) mass is 374 g/mol. The molecule has 28 heavy (non-hydrogen) atoms. The standard InChI is InChI=1S/C23H22N2O3/c26-23(20-12-7-15-27-22(20)17-8-3-1-4-9-17)25-18-13-14-24-21(16-18)28-19-10-5-2-6-11-19/h1-6,8-11,13-14,16,20,22H,7,12,15H2,(H,24,25,26)/t20-,22+/m1/s1. The summed E-state index contributed by atoms with van der Waals surface area (Å²) in [6.45, 7) is 0.674. The number of carbonyl (C=O) groups excluding carboxylic acids is 1. The summed E-state index contributed by atoms with van der Waals surface area (Å²) in [5.41, 5.74) is 1.69. The first-order valence-electron chi connectivity index (χ1n) is 9.46. The number of benzene rings is 2. The molecule has 1 amide bonds. The van der Waals surface area contributed by atoms with Gasteiger partial charge in [0.15, 0.2) is 0 Å². The van der Waals surface area contributed by atoms with E-state index in [1.807, 2.05) is 60.7 Å². The minimum atomic E-state index is -0.234. The van der Waals surface area contributed by atoms with Crippen molar-refractivity contribution in [1.82, 2.24) is 4.98 Å².